The lowest BCUT2D eigenvalue weighted by atomic mass is 10.0. The fraction of sp³-hybridized carbons (Fsp3) is 0.316. The van der Waals surface area contributed by atoms with Crippen molar-refractivity contribution in [3.8, 4) is 5.75 Å². The zero-order valence-corrected chi connectivity index (χ0v) is 17.1. The average molecular weight is 455 g/mol. The van der Waals surface area contributed by atoms with Crippen molar-refractivity contribution in [1.82, 2.24) is 0 Å². The number of anilines is 1. The molecule has 6 heteroatoms. The molecule has 0 aliphatic carbocycles. The fourth-order valence-corrected chi connectivity index (χ4v) is 2.30. The van der Waals surface area contributed by atoms with E-state index in [0.29, 0.717) is 11.7 Å². The maximum absolute atomic E-state index is 10.2. The largest absolute Gasteiger partial charge is 0.497 e. The van der Waals surface area contributed by atoms with E-state index in [0.717, 1.165) is 11.3 Å². The van der Waals surface area contributed by atoms with E-state index in [1.807, 2.05) is 36.4 Å². The standard InChI is InChI=1S/C19H25N3O2.HI/c1-13(2)14-6-4-8-16(10-14)22-19(20)21-12-18(23)15-7-5-9-17(11-15)24-3;/h4-11,13,18,23H,12H2,1-3H3,(H3,20,21,22);1H. The molecule has 0 aliphatic heterocycles. The zero-order chi connectivity index (χ0) is 17.5. The van der Waals surface area contributed by atoms with Crippen LogP contribution in [0.4, 0.5) is 5.69 Å². The van der Waals surface area contributed by atoms with Crippen molar-refractivity contribution in [2.24, 2.45) is 10.7 Å². The molecule has 0 aromatic heterocycles. The van der Waals surface area contributed by atoms with Crippen molar-refractivity contribution in [3.63, 3.8) is 0 Å². The van der Waals surface area contributed by atoms with Gasteiger partial charge in [-0.15, -0.1) is 24.0 Å². The van der Waals surface area contributed by atoms with Gasteiger partial charge in [-0.05, 0) is 41.3 Å². The summed E-state index contributed by atoms with van der Waals surface area (Å²) >= 11 is 0. The number of guanidine groups is 1. The van der Waals surface area contributed by atoms with Gasteiger partial charge in [0, 0.05) is 5.69 Å². The smallest absolute Gasteiger partial charge is 0.193 e. The summed E-state index contributed by atoms with van der Waals surface area (Å²) in [6.07, 6.45) is -0.734. The number of aliphatic hydroxyl groups excluding tert-OH is 1. The maximum Gasteiger partial charge on any atom is 0.193 e. The molecular weight excluding hydrogens is 429 g/mol. The number of aliphatic imine (C=N–C) groups is 1. The Morgan fingerprint density at radius 3 is 2.52 bits per heavy atom. The van der Waals surface area contributed by atoms with Gasteiger partial charge in [0.05, 0.1) is 19.8 Å². The van der Waals surface area contributed by atoms with E-state index in [9.17, 15) is 5.11 Å². The van der Waals surface area contributed by atoms with Gasteiger partial charge in [0.15, 0.2) is 5.96 Å². The number of rotatable bonds is 6. The van der Waals surface area contributed by atoms with Crippen molar-refractivity contribution in [2.45, 2.75) is 25.9 Å². The van der Waals surface area contributed by atoms with Gasteiger partial charge in [0.1, 0.15) is 5.75 Å². The van der Waals surface area contributed by atoms with Crippen LogP contribution in [0.25, 0.3) is 0 Å². The van der Waals surface area contributed by atoms with Crippen LogP contribution >= 0.6 is 24.0 Å². The Morgan fingerprint density at radius 1 is 1.16 bits per heavy atom. The minimum absolute atomic E-state index is 0. The number of nitrogens with one attached hydrogen (secondary N) is 1. The van der Waals surface area contributed by atoms with Crippen molar-refractivity contribution < 1.29 is 9.84 Å². The lowest BCUT2D eigenvalue weighted by Gasteiger charge is -2.12. The normalized spacial score (nSPS) is 12.4. The number of hydrogen-bond donors (Lipinski definition) is 3. The summed E-state index contributed by atoms with van der Waals surface area (Å²) in [5.41, 5.74) is 8.77. The average Bonchev–Trinajstić information content (AvgIpc) is 2.60. The van der Waals surface area contributed by atoms with Crippen LogP contribution in [0.3, 0.4) is 0 Å². The number of methoxy groups -OCH3 is 1. The monoisotopic (exact) mass is 455 g/mol. The van der Waals surface area contributed by atoms with Gasteiger partial charge in [-0.3, -0.25) is 4.99 Å². The number of benzene rings is 2. The molecule has 2 aromatic rings. The van der Waals surface area contributed by atoms with Crippen LogP contribution in [0.15, 0.2) is 53.5 Å². The summed E-state index contributed by atoms with van der Waals surface area (Å²) in [5, 5.41) is 13.3. The molecule has 0 aliphatic rings. The van der Waals surface area contributed by atoms with E-state index in [1.54, 1.807) is 13.2 Å². The molecule has 1 unspecified atom stereocenters. The zero-order valence-electron chi connectivity index (χ0n) is 14.8. The predicted octanol–water partition coefficient (Wildman–Crippen LogP) is 3.90. The van der Waals surface area contributed by atoms with E-state index in [4.69, 9.17) is 10.5 Å². The first-order chi connectivity index (χ1) is 11.5. The van der Waals surface area contributed by atoms with Gasteiger partial charge >= 0.3 is 0 Å². The molecule has 136 valence electrons. The summed E-state index contributed by atoms with van der Waals surface area (Å²) in [5.74, 6) is 1.42. The number of nitrogens with two attached hydrogens (primary N) is 1. The molecular formula is C19H26IN3O2. The van der Waals surface area contributed by atoms with Crippen molar-refractivity contribution in [3.05, 3.63) is 59.7 Å². The van der Waals surface area contributed by atoms with Crippen LogP contribution in [0, 0.1) is 0 Å². The Bertz CT molecular complexity index is 705. The van der Waals surface area contributed by atoms with E-state index in [1.165, 1.54) is 5.56 Å². The Balaban J connectivity index is 0.00000312. The second kappa shape index (κ2) is 10.2. The lowest BCUT2D eigenvalue weighted by Crippen LogP contribution is -2.23. The molecule has 2 rings (SSSR count). The van der Waals surface area contributed by atoms with Crippen LogP contribution in [-0.2, 0) is 0 Å². The van der Waals surface area contributed by atoms with E-state index < -0.39 is 6.10 Å². The first-order valence-electron chi connectivity index (χ1n) is 7.98. The Morgan fingerprint density at radius 2 is 1.84 bits per heavy atom. The minimum atomic E-state index is -0.734. The summed E-state index contributed by atoms with van der Waals surface area (Å²) < 4.78 is 5.16. The van der Waals surface area contributed by atoms with E-state index >= 15 is 0 Å². The van der Waals surface area contributed by atoms with Gasteiger partial charge in [-0.25, -0.2) is 0 Å². The second-order valence-corrected chi connectivity index (χ2v) is 5.92. The fourth-order valence-electron chi connectivity index (χ4n) is 2.30. The van der Waals surface area contributed by atoms with E-state index in [2.05, 4.69) is 30.2 Å². The second-order valence-electron chi connectivity index (χ2n) is 5.92. The summed E-state index contributed by atoms with van der Waals surface area (Å²) in [6.45, 7) is 4.46. The Kier molecular flexibility index (Phi) is 8.71. The topological polar surface area (TPSA) is 79.9 Å². The number of halogens is 1. The highest BCUT2D eigenvalue weighted by Crippen LogP contribution is 2.20. The molecule has 25 heavy (non-hydrogen) atoms. The predicted molar refractivity (Wildman–Crippen MR) is 114 cm³/mol. The van der Waals surface area contributed by atoms with Gasteiger partial charge in [-0.2, -0.15) is 0 Å². The molecule has 1 atom stereocenters. The lowest BCUT2D eigenvalue weighted by molar-refractivity contribution is 0.187. The highest BCUT2D eigenvalue weighted by Gasteiger charge is 2.08. The quantitative estimate of drug-likeness (QED) is 0.351. The highest BCUT2D eigenvalue weighted by atomic mass is 127. The van der Waals surface area contributed by atoms with E-state index in [-0.39, 0.29) is 36.5 Å². The minimum Gasteiger partial charge on any atom is -0.497 e. The van der Waals surface area contributed by atoms with Gasteiger partial charge in [-0.1, -0.05) is 38.1 Å². The van der Waals surface area contributed by atoms with Crippen LogP contribution in [-0.4, -0.2) is 24.7 Å². The number of ether oxygens (including phenoxy) is 1. The maximum atomic E-state index is 10.2. The molecule has 0 fully saturated rings. The molecule has 0 radical (unpaired) electrons. The van der Waals surface area contributed by atoms with Gasteiger partial charge < -0.3 is 20.9 Å². The van der Waals surface area contributed by atoms with Crippen molar-refractivity contribution in [1.29, 1.82) is 0 Å². The van der Waals surface area contributed by atoms with Crippen LogP contribution in [0.1, 0.15) is 37.0 Å². The molecule has 5 nitrogen and oxygen atoms in total. The first-order valence-corrected chi connectivity index (χ1v) is 7.98. The molecule has 0 bridgehead atoms. The molecule has 0 amide bonds. The summed E-state index contributed by atoms with van der Waals surface area (Å²) in [6, 6.07) is 15.3. The molecule has 2 aromatic carbocycles. The molecule has 0 saturated heterocycles. The Labute approximate surface area is 166 Å². The number of aliphatic hydroxyl groups is 1. The van der Waals surface area contributed by atoms with Crippen LogP contribution in [0.5, 0.6) is 5.75 Å². The first kappa shape index (κ1) is 21.2. The van der Waals surface area contributed by atoms with Crippen molar-refractivity contribution in [2.75, 3.05) is 19.0 Å². The summed E-state index contributed by atoms with van der Waals surface area (Å²) in [7, 11) is 1.59. The van der Waals surface area contributed by atoms with Crippen LogP contribution < -0.4 is 15.8 Å². The summed E-state index contributed by atoms with van der Waals surface area (Å²) in [4.78, 5) is 4.22. The Hall–Kier alpha value is -1.80. The number of nitrogens with zero attached hydrogens (tertiary/aromatic N) is 1. The third-order valence-corrected chi connectivity index (χ3v) is 3.74. The van der Waals surface area contributed by atoms with Gasteiger partial charge in [0.25, 0.3) is 0 Å². The third-order valence-electron chi connectivity index (χ3n) is 3.74. The van der Waals surface area contributed by atoms with Crippen LogP contribution in [0.2, 0.25) is 0 Å². The van der Waals surface area contributed by atoms with Crippen molar-refractivity contribution >= 4 is 35.6 Å². The third kappa shape index (κ3) is 6.55. The molecule has 0 heterocycles. The molecule has 0 spiro atoms. The highest BCUT2D eigenvalue weighted by molar-refractivity contribution is 14.0. The van der Waals surface area contributed by atoms with Gasteiger partial charge in [0.2, 0.25) is 0 Å². The SMILES string of the molecule is COc1cccc(C(O)CN=C(N)Nc2cccc(C(C)C)c2)c1.I. The number of hydrogen-bond acceptors (Lipinski definition) is 3. The molecule has 4 N–H and O–H groups in total. The molecule has 0 saturated carbocycles.